The number of hydrogen-bond acceptors (Lipinski definition) is 4. The number of benzene rings is 1. The van der Waals surface area contributed by atoms with Gasteiger partial charge in [-0.3, -0.25) is 10.1 Å². The van der Waals surface area contributed by atoms with Crippen LogP contribution in [0, 0.1) is 10.1 Å². The number of aromatic amines is 1. The van der Waals surface area contributed by atoms with Gasteiger partial charge in [0.15, 0.2) is 10.7 Å². The Bertz CT molecular complexity index is 499. The highest BCUT2D eigenvalue weighted by atomic mass is 127. The summed E-state index contributed by atoms with van der Waals surface area (Å²) < 4.78 is 0. The number of hydrogen-bond donors (Lipinski definition) is 1. The van der Waals surface area contributed by atoms with Gasteiger partial charge in [-0.1, -0.05) is 6.07 Å². The van der Waals surface area contributed by atoms with Gasteiger partial charge in [0, 0.05) is 27.3 Å². The van der Waals surface area contributed by atoms with E-state index in [1.165, 1.54) is 15.0 Å². The van der Waals surface area contributed by atoms with Gasteiger partial charge < -0.3 is 4.98 Å². The Labute approximate surface area is 95.0 Å². The zero-order chi connectivity index (χ0) is 10.1. The molecule has 0 bridgehead atoms. The van der Waals surface area contributed by atoms with Gasteiger partial charge in [-0.2, -0.15) is 0 Å². The summed E-state index contributed by atoms with van der Waals surface area (Å²) in [5, 5.41) is 11.3. The molecule has 0 aliphatic heterocycles. The van der Waals surface area contributed by atoms with Crippen molar-refractivity contribution in [3.05, 3.63) is 28.3 Å². The summed E-state index contributed by atoms with van der Waals surface area (Å²) in [6.07, 6.45) is 0. The Morgan fingerprint density at radius 3 is 3.00 bits per heavy atom. The molecule has 2 rings (SSSR count). The van der Waals surface area contributed by atoms with E-state index in [0.717, 1.165) is 0 Å². The summed E-state index contributed by atoms with van der Waals surface area (Å²) in [6.45, 7) is 0. The number of non-ortho nitro benzene ring substituents is 1. The molecule has 0 saturated carbocycles. The topological polar surface area (TPSA) is 71.8 Å². The van der Waals surface area contributed by atoms with E-state index in [9.17, 15) is 10.1 Å². The lowest BCUT2D eigenvalue weighted by atomic mass is 10.3. The smallest absolute Gasteiger partial charge is 0.297 e. The molecule has 0 spiro atoms. The first kappa shape index (κ1) is 9.71. The molecule has 0 saturated heterocycles. The van der Waals surface area contributed by atoms with Crippen molar-refractivity contribution in [2.24, 2.45) is 0 Å². The zero-order valence-electron chi connectivity index (χ0n) is 6.73. The van der Waals surface area contributed by atoms with Crippen LogP contribution >= 0.6 is 30.1 Å². The zero-order valence-corrected chi connectivity index (χ0v) is 9.70. The molecular formula is C7H4IN3O2S. The summed E-state index contributed by atoms with van der Waals surface area (Å²) in [7, 11) is 1.40. The number of nitrogens with zero attached hydrogens (tertiary/aromatic N) is 2. The van der Waals surface area contributed by atoms with E-state index < -0.39 is 4.92 Å². The molecule has 72 valence electrons. The number of rotatable bonds is 2. The highest BCUT2D eigenvalue weighted by molar-refractivity contribution is 14.2. The van der Waals surface area contributed by atoms with Crippen LogP contribution in [0.4, 0.5) is 5.69 Å². The molecule has 1 N–H and O–H groups in total. The third-order valence-electron chi connectivity index (χ3n) is 1.74. The number of nitro benzene ring substituents is 1. The third-order valence-corrected chi connectivity index (χ3v) is 3.33. The summed E-state index contributed by atoms with van der Waals surface area (Å²) in [4.78, 5) is 17.3. The largest absolute Gasteiger partial charge is 0.332 e. The summed E-state index contributed by atoms with van der Waals surface area (Å²) >= 11 is 2.07. The molecule has 0 unspecified atom stereocenters. The maximum Gasteiger partial charge on any atom is 0.297 e. The highest BCUT2D eigenvalue weighted by Gasteiger charge is 2.14. The van der Waals surface area contributed by atoms with Crippen LogP contribution in [0.15, 0.2) is 23.4 Å². The molecule has 0 aliphatic rings. The molecule has 0 aliphatic carbocycles. The maximum atomic E-state index is 10.7. The Morgan fingerprint density at radius 1 is 1.57 bits per heavy atom. The van der Waals surface area contributed by atoms with Gasteiger partial charge in [-0.05, 0) is 15.0 Å². The number of aromatic nitrogens is 2. The molecule has 0 radical (unpaired) electrons. The normalized spacial score (nSPS) is 10.6. The first-order valence-corrected chi connectivity index (χ1v) is 7.00. The molecule has 1 aromatic heterocycles. The van der Waals surface area contributed by atoms with Crippen molar-refractivity contribution in [3.8, 4) is 0 Å². The number of H-pyrrole nitrogens is 1. The number of nitrogens with one attached hydrogen (secondary N) is 1. The molecular weight excluding hydrogens is 317 g/mol. The van der Waals surface area contributed by atoms with Crippen LogP contribution in [0.5, 0.6) is 0 Å². The minimum absolute atomic E-state index is 0.0375. The van der Waals surface area contributed by atoms with Crippen LogP contribution in [0.2, 0.25) is 0 Å². The van der Waals surface area contributed by atoms with Crippen LogP contribution < -0.4 is 0 Å². The Morgan fingerprint density at radius 2 is 2.36 bits per heavy atom. The minimum Gasteiger partial charge on any atom is -0.332 e. The molecule has 14 heavy (non-hydrogen) atoms. The van der Waals surface area contributed by atoms with E-state index in [4.69, 9.17) is 0 Å². The van der Waals surface area contributed by atoms with E-state index in [1.54, 1.807) is 12.1 Å². The lowest BCUT2D eigenvalue weighted by molar-refractivity contribution is -0.383. The standard InChI is InChI=1S/C7H4IN3O2S/c8-14-7-9-4-2-1-3-5(11(12)13)6(4)10-7/h1-3H,(H,9,10). The van der Waals surface area contributed by atoms with Crippen LogP contribution in [0.25, 0.3) is 11.0 Å². The average molecular weight is 321 g/mol. The van der Waals surface area contributed by atoms with E-state index >= 15 is 0 Å². The molecule has 2 aromatic rings. The minimum atomic E-state index is -0.426. The third kappa shape index (κ3) is 1.57. The van der Waals surface area contributed by atoms with Crippen molar-refractivity contribution in [2.75, 3.05) is 0 Å². The van der Waals surface area contributed by atoms with Crippen molar-refractivity contribution in [2.45, 2.75) is 5.16 Å². The molecule has 0 fully saturated rings. The van der Waals surface area contributed by atoms with Crippen molar-refractivity contribution < 1.29 is 4.92 Å². The van der Waals surface area contributed by atoms with Gasteiger partial charge in [-0.15, -0.1) is 0 Å². The Hall–Kier alpha value is -0.830. The summed E-state index contributed by atoms with van der Waals surface area (Å²) in [6, 6.07) is 4.86. The fraction of sp³-hybridized carbons (Fsp3) is 0. The number of para-hydroxylation sites is 1. The number of nitro groups is 1. The van der Waals surface area contributed by atoms with Crippen LogP contribution in [0.1, 0.15) is 0 Å². The lowest BCUT2D eigenvalue weighted by Gasteiger charge is -1.90. The second kappa shape index (κ2) is 3.73. The van der Waals surface area contributed by atoms with Crippen LogP contribution in [-0.4, -0.2) is 14.9 Å². The summed E-state index contributed by atoms with van der Waals surface area (Å²) in [5.74, 6) is 0. The highest BCUT2D eigenvalue weighted by Crippen LogP contribution is 2.28. The van der Waals surface area contributed by atoms with Gasteiger partial charge in [0.1, 0.15) is 0 Å². The quantitative estimate of drug-likeness (QED) is 0.524. The van der Waals surface area contributed by atoms with Gasteiger partial charge in [0.2, 0.25) is 0 Å². The molecule has 0 atom stereocenters. The molecule has 5 nitrogen and oxygen atoms in total. The molecule has 1 aromatic carbocycles. The first-order valence-electron chi connectivity index (χ1n) is 3.64. The fourth-order valence-electron chi connectivity index (χ4n) is 1.18. The van der Waals surface area contributed by atoms with E-state index in [0.29, 0.717) is 16.2 Å². The number of fused-ring (bicyclic) bond motifs is 1. The van der Waals surface area contributed by atoms with Gasteiger partial charge in [-0.25, -0.2) is 4.98 Å². The first-order chi connectivity index (χ1) is 6.72. The Kier molecular flexibility index (Phi) is 2.59. The molecule has 1 heterocycles. The Balaban J connectivity index is 2.73. The average Bonchev–Trinajstić information content (AvgIpc) is 2.59. The van der Waals surface area contributed by atoms with Gasteiger partial charge in [0.05, 0.1) is 10.4 Å². The van der Waals surface area contributed by atoms with Crippen LogP contribution in [0.3, 0.4) is 0 Å². The maximum absolute atomic E-state index is 10.7. The van der Waals surface area contributed by atoms with Crippen molar-refractivity contribution in [3.63, 3.8) is 0 Å². The van der Waals surface area contributed by atoms with Crippen molar-refractivity contribution in [1.29, 1.82) is 0 Å². The molecule has 7 heteroatoms. The number of halogens is 1. The predicted octanol–water partition coefficient (Wildman–Crippen LogP) is 2.91. The molecule has 0 amide bonds. The summed E-state index contributed by atoms with van der Waals surface area (Å²) in [5.41, 5.74) is 1.14. The van der Waals surface area contributed by atoms with Crippen molar-refractivity contribution in [1.82, 2.24) is 9.97 Å². The van der Waals surface area contributed by atoms with Crippen molar-refractivity contribution >= 4 is 46.9 Å². The fourth-order valence-corrected chi connectivity index (χ4v) is 2.08. The van der Waals surface area contributed by atoms with Gasteiger partial charge in [0.25, 0.3) is 5.69 Å². The predicted molar refractivity (Wildman–Crippen MR) is 62.6 cm³/mol. The second-order valence-corrected chi connectivity index (χ2v) is 4.41. The monoisotopic (exact) mass is 321 g/mol. The van der Waals surface area contributed by atoms with E-state index in [-0.39, 0.29) is 5.69 Å². The number of imidazole rings is 1. The van der Waals surface area contributed by atoms with E-state index in [1.807, 2.05) is 0 Å². The van der Waals surface area contributed by atoms with Crippen LogP contribution in [-0.2, 0) is 0 Å². The SMILES string of the molecule is O=[N+]([O-])c1cccc2[nH]c(SI)nc12. The van der Waals surface area contributed by atoms with E-state index in [2.05, 4.69) is 31.2 Å². The van der Waals surface area contributed by atoms with Gasteiger partial charge >= 0.3 is 0 Å². The lowest BCUT2D eigenvalue weighted by Crippen LogP contribution is -1.88. The second-order valence-electron chi connectivity index (χ2n) is 2.55.